The van der Waals surface area contributed by atoms with Gasteiger partial charge in [-0.2, -0.15) is 10.2 Å². The Morgan fingerprint density at radius 2 is 1.58 bits per heavy atom. The second-order valence-corrected chi connectivity index (χ2v) is 4.96. The van der Waals surface area contributed by atoms with Gasteiger partial charge in [-0.1, -0.05) is 0 Å². The van der Waals surface area contributed by atoms with Crippen molar-refractivity contribution in [2.75, 3.05) is 0 Å². The van der Waals surface area contributed by atoms with Crippen LogP contribution in [0.4, 0.5) is 0 Å². The van der Waals surface area contributed by atoms with Crippen LogP contribution in [0.2, 0.25) is 0 Å². The van der Waals surface area contributed by atoms with Crippen molar-refractivity contribution in [1.29, 1.82) is 0 Å². The number of rotatable bonds is 2. The molecule has 0 aliphatic heterocycles. The lowest BCUT2D eigenvalue weighted by Gasteiger charge is -2.06. The average molecular weight is 255 g/mol. The van der Waals surface area contributed by atoms with Crippen LogP contribution in [-0.4, -0.2) is 14.8 Å². The smallest absolute Gasteiger partial charge is 0.123 e. The van der Waals surface area contributed by atoms with Crippen molar-refractivity contribution in [2.45, 2.75) is 34.2 Å². The Morgan fingerprint density at radius 3 is 2.05 bits per heavy atom. The molecule has 0 radical (unpaired) electrons. The first kappa shape index (κ1) is 12.0. The summed E-state index contributed by atoms with van der Waals surface area (Å²) < 4.78 is 7.72. The first-order valence-electron chi connectivity index (χ1n) is 6.41. The largest absolute Gasteiger partial charge is 0.467 e. The Hall–Kier alpha value is -2.10. The molecule has 4 heteroatoms. The Bertz CT molecular complexity index is 694. The molecule has 0 atom stereocenters. The molecule has 98 valence electrons. The zero-order valence-electron chi connectivity index (χ0n) is 11.7. The van der Waals surface area contributed by atoms with Gasteiger partial charge in [0.05, 0.1) is 24.2 Å². The molecule has 3 heterocycles. The number of nitrogens with zero attached hydrogens (tertiary/aromatic N) is 3. The number of hydrogen-bond acceptors (Lipinski definition) is 3. The predicted octanol–water partition coefficient (Wildman–Crippen LogP) is 3.31. The van der Waals surface area contributed by atoms with E-state index in [1.54, 1.807) is 6.26 Å². The van der Waals surface area contributed by atoms with Gasteiger partial charge in [0.2, 0.25) is 0 Å². The second kappa shape index (κ2) is 4.23. The van der Waals surface area contributed by atoms with Crippen LogP contribution in [0.5, 0.6) is 0 Å². The summed E-state index contributed by atoms with van der Waals surface area (Å²) in [5.41, 5.74) is 4.41. The number of aryl methyl sites for hydroxylation is 4. The molecular weight excluding hydrogens is 238 g/mol. The fourth-order valence-electron chi connectivity index (χ4n) is 2.81. The second-order valence-electron chi connectivity index (χ2n) is 4.96. The Balaban J connectivity index is 2.26. The van der Waals surface area contributed by atoms with Gasteiger partial charge in [-0.15, -0.1) is 0 Å². The zero-order chi connectivity index (χ0) is 13.6. The topological polar surface area (TPSA) is 43.9 Å². The third-order valence-corrected chi connectivity index (χ3v) is 3.75. The Morgan fingerprint density at radius 1 is 1.00 bits per heavy atom. The normalized spacial score (nSPS) is 11.4. The molecule has 0 spiro atoms. The summed E-state index contributed by atoms with van der Waals surface area (Å²) in [5.74, 6) is 0.961. The molecule has 0 aliphatic carbocycles. The van der Waals surface area contributed by atoms with Gasteiger partial charge in [-0.05, 0) is 39.8 Å². The third kappa shape index (κ3) is 1.75. The van der Waals surface area contributed by atoms with Crippen molar-refractivity contribution in [3.8, 4) is 0 Å². The number of aromatic nitrogens is 3. The van der Waals surface area contributed by atoms with Gasteiger partial charge >= 0.3 is 0 Å². The predicted molar refractivity (Wildman–Crippen MR) is 74.3 cm³/mol. The number of furan rings is 1. The van der Waals surface area contributed by atoms with E-state index in [4.69, 9.17) is 4.42 Å². The molecule has 4 nitrogen and oxygen atoms in total. The third-order valence-electron chi connectivity index (χ3n) is 3.75. The average Bonchev–Trinajstić information content (AvgIpc) is 2.97. The van der Waals surface area contributed by atoms with Crippen molar-refractivity contribution in [2.24, 2.45) is 0 Å². The highest BCUT2D eigenvalue weighted by Crippen LogP contribution is 2.29. The minimum atomic E-state index is 0.748. The molecule has 0 amide bonds. The molecule has 0 saturated carbocycles. The van der Waals surface area contributed by atoms with E-state index in [0.717, 1.165) is 23.7 Å². The van der Waals surface area contributed by atoms with Gasteiger partial charge in [0.1, 0.15) is 5.76 Å². The van der Waals surface area contributed by atoms with Crippen LogP contribution < -0.4 is 0 Å². The van der Waals surface area contributed by atoms with Crippen molar-refractivity contribution in [1.82, 2.24) is 14.8 Å². The van der Waals surface area contributed by atoms with Crippen LogP contribution in [0.15, 0.2) is 22.8 Å². The zero-order valence-corrected chi connectivity index (χ0v) is 11.7. The van der Waals surface area contributed by atoms with Gasteiger partial charge in [0.15, 0.2) is 0 Å². The summed E-state index contributed by atoms with van der Waals surface area (Å²) in [6.07, 6.45) is 1.71. The molecule has 3 aromatic heterocycles. The lowest BCUT2D eigenvalue weighted by atomic mass is 10.1. The van der Waals surface area contributed by atoms with Crippen LogP contribution >= 0.6 is 0 Å². The molecule has 0 aromatic carbocycles. The molecule has 0 aliphatic rings. The molecule has 0 bridgehead atoms. The van der Waals surface area contributed by atoms with E-state index in [9.17, 15) is 0 Å². The van der Waals surface area contributed by atoms with Crippen LogP contribution in [0.25, 0.3) is 10.8 Å². The monoisotopic (exact) mass is 255 g/mol. The summed E-state index contributed by atoms with van der Waals surface area (Å²) in [7, 11) is 0. The van der Waals surface area contributed by atoms with Gasteiger partial charge in [-0.25, -0.2) is 0 Å². The van der Waals surface area contributed by atoms with Crippen molar-refractivity contribution >= 4 is 10.8 Å². The fraction of sp³-hybridized carbons (Fsp3) is 0.333. The molecular formula is C15H17N3O. The highest BCUT2D eigenvalue weighted by atomic mass is 16.3. The lowest BCUT2D eigenvalue weighted by molar-refractivity contribution is 0.490. The summed E-state index contributed by atoms with van der Waals surface area (Å²) in [5, 5.41) is 10.9. The van der Waals surface area contributed by atoms with E-state index in [-0.39, 0.29) is 0 Å². The number of hydrogen-bond donors (Lipinski definition) is 0. The van der Waals surface area contributed by atoms with Gasteiger partial charge in [0, 0.05) is 22.2 Å². The molecule has 3 aromatic rings. The highest BCUT2D eigenvalue weighted by Gasteiger charge is 2.16. The molecule has 3 rings (SSSR count). The highest BCUT2D eigenvalue weighted by molar-refractivity contribution is 5.91. The van der Waals surface area contributed by atoms with E-state index < -0.39 is 0 Å². The molecule has 0 saturated heterocycles. The summed E-state index contributed by atoms with van der Waals surface area (Å²) in [6.45, 7) is 9.04. The molecule has 0 fully saturated rings. The fourth-order valence-corrected chi connectivity index (χ4v) is 2.81. The van der Waals surface area contributed by atoms with Crippen LogP contribution in [0, 0.1) is 27.7 Å². The molecule has 0 unspecified atom stereocenters. The minimum absolute atomic E-state index is 0.748. The maximum absolute atomic E-state index is 5.45. The Kier molecular flexibility index (Phi) is 2.66. The van der Waals surface area contributed by atoms with Gasteiger partial charge in [-0.3, -0.25) is 0 Å². The minimum Gasteiger partial charge on any atom is -0.467 e. The molecule has 0 N–H and O–H groups in total. The summed E-state index contributed by atoms with van der Waals surface area (Å²) >= 11 is 0. The van der Waals surface area contributed by atoms with Crippen molar-refractivity contribution in [3.63, 3.8) is 0 Å². The van der Waals surface area contributed by atoms with Crippen molar-refractivity contribution in [3.05, 3.63) is 46.9 Å². The van der Waals surface area contributed by atoms with Gasteiger partial charge < -0.3 is 8.98 Å². The first-order chi connectivity index (χ1) is 9.09. The van der Waals surface area contributed by atoms with E-state index >= 15 is 0 Å². The van der Waals surface area contributed by atoms with E-state index in [0.29, 0.717) is 0 Å². The summed E-state index contributed by atoms with van der Waals surface area (Å²) in [6, 6.07) is 3.92. The first-order valence-corrected chi connectivity index (χ1v) is 6.41. The van der Waals surface area contributed by atoms with Crippen LogP contribution in [0.3, 0.4) is 0 Å². The van der Waals surface area contributed by atoms with Gasteiger partial charge in [0.25, 0.3) is 0 Å². The van der Waals surface area contributed by atoms with E-state index in [1.165, 1.54) is 22.2 Å². The lowest BCUT2D eigenvalue weighted by Crippen LogP contribution is -2.02. The number of fused-ring (bicyclic) bond motifs is 1. The van der Waals surface area contributed by atoms with E-state index in [1.807, 2.05) is 26.0 Å². The maximum Gasteiger partial charge on any atom is 0.123 e. The SMILES string of the molecule is Cc1nnc(C)c2c(C)n(Cc3ccco3)c(C)c12. The van der Waals surface area contributed by atoms with E-state index in [2.05, 4.69) is 28.6 Å². The van der Waals surface area contributed by atoms with Crippen LogP contribution in [-0.2, 0) is 6.54 Å². The quantitative estimate of drug-likeness (QED) is 0.705. The summed E-state index contributed by atoms with van der Waals surface area (Å²) in [4.78, 5) is 0. The van der Waals surface area contributed by atoms with Crippen molar-refractivity contribution < 1.29 is 4.42 Å². The van der Waals surface area contributed by atoms with Crippen LogP contribution in [0.1, 0.15) is 28.5 Å². The molecule has 19 heavy (non-hydrogen) atoms. The standard InChI is InChI=1S/C15H17N3O/c1-9-14-11(3)18(8-13-6-5-7-19-13)12(4)15(14)10(2)17-16-9/h5-7H,8H2,1-4H3. The Labute approximate surface area is 112 Å². The maximum atomic E-state index is 5.45.